The van der Waals surface area contributed by atoms with Crippen molar-refractivity contribution in [1.82, 2.24) is 4.90 Å². The summed E-state index contributed by atoms with van der Waals surface area (Å²) in [6.45, 7) is 7.89. The Labute approximate surface area is 167 Å². The fourth-order valence-electron chi connectivity index (χ4n) is 3.46. The van der Waals surface area contributed by atoms with E-state index >= 15 is 0 Å². The smallest absolute Gasteiger partial charge is 0.248 e. The first kappa shape index (κ1) is 20.4. The van der Waals surface area contributed by atoms with Gasteiger partial charge in [0.1, 0.15) is 5.75 Å². The van der Waals surface area contributed by atoms with Gasteiger partial charge in [0.2, 0.25) is 5.91 Å². The number of carbonyl (C=O) groups excluding carboxylic acids is 1. The molecule has 1 aliphatic heterocycles. The first-order chi connectivity index (χ1) is 13.5. The predicted octanol–water partition coefficient (Wildman–Crippen LogP) is 3.65. The maximum absolute atomic E-state index is 11.1. The molecule has 5 heteroatoms. The number of morpholine rings is 1. The topological polar surface area (TPSA) is 64.8 Å². The van der Waals surface area contributed by atoms with Gasteiger partial charge in [0, 0.05) is 25.2 Å². The highest BCUT2D eigenvalue weighted by Crippen LogP contribution is 2.28. The number of primary amides is 1. The van der Waals surface area contributed by atoms with E-state index < -0.39 is 5.91 Å². The van der Waals surface area contributed by atoms with Crippen LogP contribution in [0.2, 0.25) is 0 Å². The number of nitrogens with zero attached hydrogens (tertiary/aromatic N) is 1. The molecule has 0 aliphatic carbocycles. The van der Waals surface area contributed by atoms with E-state index in [1.54, 1.807) is 24.3 Å². The molecule has 1 heterocycles. The van der Waals surface area contributed by atoms with E-state index in [1.165, 1.54) is 5.56 Å². The number of carbonyl (C=O) groups is 1. The molecular weight excluding hydrogens is 352 g/mol. The van der Waals surface area contributed by atoms with Crippen LogP contribution in [-0.4, -0.2) is 43.2 Å². The second-order valence-corrected chi connectivity index (χ2v) is 7.67. The summed E-state index contributed by atoms with van der Waals surface area (Å²) >= 11 is 0. The van der Waals surface area contributed by atoms with Gasteiger partial charge in [0.25, 0.3) is 0 Å². The highest BCUT2D eigenvalue weighted by Gasteiger charge is 2.30. The summed E-state index contributed by atoms with van der Waals surface area (Å²) in [5, 5.41) is 0. The van der Waals surface area contributed by atoms with Crippen LogP contribution in [0.15, 0.2) is 54.6 Å². The molecule has 3 rings (SSSR count). The molecule has 1 amide bonds. The number of ether oxygens (including phenoxy) is 2. The summed E-state index contributed by atoms with van der Waals surface area (Å²) in [6.07, 6.45) is 1.29. The Kier molecular flexibility index (Phi) is 7.06. The summed E-state index contributed by atoms with van der Waals surface area (Å²) in [5.74, 6) is 0.815. The predicted molar refractivity (Wildman–Crippen MR) is 110 cm³/mol. The molecule has 0 aromatic heterocycles. The Morgan fingerprint density at radius 1 is 1.14 bits per heavy atom. The number of rotatable bonds is 8. The summed E-state index contributed by atoms with van der Waals surface area (Å²) in [4.78, 5) is 13.6. The van der Waals surface area contributed by atoms with Crippen molar-refractivity contribution >= 4 is 5.91 Å². The second-order valence-electron chi connectivity index (χ2n) is 7.67. The quantitative estimate of drug-likeness (QED) is 0.708. The lowest BCUT2D eigenvalue weighted by molar-refractivity contribution is -0.106. The minimum absolute atomic E-state index is 0.115. The van der Waals surface area contributed by atoms with Gasteiger partial charge in [-0.3, -0.25) is 9.69 Å². The number of nitrogens with two attached hydrogens (primary N) is 1. The molecule has 5 nitrogen and oxygen atoms in total. The third-order valence-corrected chi connectivity index (χ3v) is 5.14. The van der Waals surface area contributed by atoms with Crippen molar-refractivity contribution in [2.75, 3.05) is 26.2 Å². The first-order valence-electron chi connectivity index (χ1n) is 9.98. The molecule has 2 aromatic carbocycles. The van der Waals surface area contributed by atoms with Crippen LogP contribution in [0.3, 0.4) is 0 Å². The summed E-state index contributed by atoms with van der Waals surface area (Å²) in [7, 11) is 0. The van der Waals surface area contributed by atoms with Crippen molar-refractivity contribution in [2.45, 2.75) is 32.5 Å². The molecule has 1 fully saturated rings. The number of benzene rings is 2. The van der Waals surface area contributed by atoms with Gasteiger partial charge in [-0.05, 0) is 42.2 Å². The van der Waals surface area contributed by atoms with Crippen LogP contribution in [-0.2, 0) is 4.74 Å². The van der Waals surface area contributed by atoms with E-state index in [2.05, 4.69) is 43.0 Å². The number of hydrogen-bond donors (Lipinski definition) is 1. The largest absolute Gasteiger partial charge is 0.494 e. The second kappa shape index (κ2) is 9.71. The van der Waals surface area contributed by atoms with Crippen LogP contribution in [0.25, 0.3) is 0 Å². The van der Waals surface area contributed by atoms with Crippen LogP contribution in [0.4, 0.5) is 0 Å². The van der Waals surface area contributed by atoms with Crippen molar-refractivity contribution in [2.24, 2.45) is 11.7 Å². The Balaban J connectivity index is 1.50. The fourth-order valence-corrected chi connectivity index (χ4v) is 3.46. The molecule has 1 saturated heterocycles. The van der Waals surface area contributed by atoms with Gasteiger partial charge in [0.15, 0.2) is 0 Å². The lowest BCUT2D eigenvalue weighted by Crippen LogP contribution is -2.46. The van der Waals surface area contributed by atoms with Crippen molar-refractivity contribution < 1.29 is 14.3 Å². The monoisotopic (exact) mass is 382 g/mol. The van der Waals surface area contributed by atoms with Gasteiger partial charge >= 0.3 is 0 Å². The van der Waals surface area contributed by atoms with Gasteiger partial charge in [-0.15, -0.1) is 0 Å². The van der Waals surface area contributed by atoms with Crippen LogP contribution in [0, 0.1) is 5.92 Å². The molecule has 150 valence electrons. The number of amides is 1. The zero-order valence-corrected chi connectivity index (χ0v) is 16.7. The standard InChI is InChI=1S/C23H30N2O3/c1-17(2)21-15-25(16-22(28-21)18-7-4-3-5-8-18)13-6-14-27-20-11-9-19(10-12-20)23(24)26/h3-5,7-12,17,21-22H,6,13-16H2,1-2H3,(H2,24,26)/t21-,22+/m1/s1. The highest BCUT2D eigenvalue weighted by atomic mass is 16.5. The molecule has 2 aromatic rings. The molecule has 0 unspecified atom stereocenters. The Morgan fingerprint density at radius 3 is 2.50 bits per heavy atom. The minimum atomic E-state index is -0.424. The third kappa shape index (κ3) is 5.57. The molecule has 2 atom stereocenters. The van der Waals surface area contributed by atoms with Gasteiger partial charge in [-0.25, -0.2) is 0 Å². The Morgan fingerprint density at radius 2 is 1.86 bits per heavy atom. The van der Waals surface area contributed by atoms with Crippen LogP contribution < -0.4 is 10.5 Å². The zero-order valence-electron chi connectivity index (χ0n) is 16.7. The van der Waals surface area contributed by atoms with E-state index in [-0.39, 0.29) is 12.2 Å². The summed E-state index contributed by atoms with van der Waals surface area (Å²) in [6, 6.07) is 17.4. The van der Waals surface area contributed by atoms with E-state index in [0.29, 0.717) is 18.1 Å². The van der Waals surface area contributed by atoms with E-state index in [0.717, 1.165) is 31.8 Å². The van der Waals surface area contributed by atoms with Crippen LogP contribution >= 0.6 is 0 Å². The van der Waals surface area contributed by atoms with Crippen LogP contribution in [0.5, 0.6) is 5.75 Å². The van der Waals surface area contributed by atoms with E-state index in [9.17, 15) is 4.79 Å². The van der Waals surface area contributed by atoms with Gasteiger partial charge in [-0.1, -0.05) is 44.2 Å². The zero-order chi connectivity index (χ0) is 19.9. The summed E-state index contributed by atoms with van der Waals surface area (Å²) < 4.78 is 12.2. The normalized spacial score (nSPS) is 20.2. The number of hydrogen-bond acceptors (Lipinski definition) is 4. The molecule has 28 heavy (non-hydrogen) atoms. The molecule has 0 radical (unpaired) electrons. The summed E-state index contributed by atoms with van der Waals surface area (Å²) in [5.41, 5.74) is 6.99. The Bertz CT molecular complexity index is 746. The first-order valence-corrected chi connectivity index (χ1v) is 9.98. The average Bonchev–Trinajstić information content (AvgIpc) is 2.72. The Hall–Kier alpha value is -2.37. The van der Waals surface area contributed by atoms with E-state index in [1.807, 2.05) is 6.07 Å². The van der Waals surface area contributed by atoms with Gasteiger partial charge in [-0.2, -0.15) is 0 Å². The maximum atomic E-state index is 11.1. The van der Waals surface area contributed by atoms with E-state index in [4.69, 9.17) is 15.2 Å². The maximum Gasteiger partial charge on any atom is 0.248 e. The molecule has 0 saturated carbocycles. The van der Waals surface area contributed by atoms with Crippen molar-refractivity contribution in [3.05, 3.63) is 65.7 Å². The van der Waals surface area contributed by atoms with Crippen molar-refractivity contribution in [1.29, 1.82) is 0 Å². The highest BCUT2D eigenvalue weighted by molar-refractivity contribution is 5.92. The fraction of sp³-hybridized carbons (Fsp3) is 0.435. The minimum Gasteiger partial charge on any atom is -0.494 e. The molecule has 1 aliphatic rings. The van der Waals surface area contributed by atoms with Crippen molar-refractivity contribution in [3.8, 4) is 5.75 Å². The molecule has 0 spiro atoms. The third-order valence-electron chi connectivity index (χ3n) is 5.14. The molecular formula is C23H30N2O3. The average molecular weight is 383 g/mol. The lowest BCUT2D eigenvalue weighted by atomic mass is 10.0. The van der Waals surface area contributed by atoms with Gasteiger partial charge in [0.05, 0.1) is 18.8 Å². The lowest BCUT2D eigenvalue weighted by Gasteiger charge is -2.40. The van der Waals surface area contributed by atoms with Crippen LogP contribution in [0.1, 0.15) is 42.3 Å². The van der Waals surface area contributed by atoms with Crippen molar-refractivity contribution in [3.63, 3.8) is 0 Å². The van der Waals surface area contributed by atoms with Gasteiger partial charge < -0.3 is 15.2 Å². The SMILES string of the molecule is CC(C)[C@H]1CN(CCCOc2ccc(C(N)=O)cc2)C[C@@H](c2ccccc2)O1. The molecule has 0 bridgehead atoms. The molecule has 2 N–H and O–H groups in total.